The Kier molecular flexibility index (Phi) is 2.79. The molecule has 0 aliphatic heterocycles. The van der Waals surface area contributed by atoms with Gasteiger partial charge in [-0.3, -0.25) is 0 Å². The average molecular weight is 189 g/mol. The quantitative estimate of drug-likeness (QED) is 0.743. The summed E-state index contributed by atoms with van der Waals surface area (Å²) in [5.41, 5.74) is 2.23. The molecule has 0 saturated heterocycles. The van der Waals surface area contributed by atoms with Gasteiger partial charge < -0.3 is 9.72 Å². The number of hydrogen-bond acceptors (Lipinski definition) is 2. The van der Waals surface area contributed by atoms with Crippen molar-refractivity contribution in [1.82, 2.24) is 14.7 Å². The smallest absolute Gasteiger partial charge is 0.136 e. The van der Waals surface area contributed by atoms with E-state index in [2.05, 4.69) is 21.6 Å². The molecule has 2 aromatic rings. The molecule has 14 heavy (non-hydrogen) atoms. The second-order valence-electron chi connectivity index (χ2n) is 3.36. The second-order valence-corrected chi connectivity index (χ2v) is 3.36. The van der Waals surface area contributed by atoms with E-state index >= 15 is 0 Å². The molecule has 0 aliphatic carbocycles. The number of aromatic nitrogens is 2. The monoisotopic (exact) mass is 189 g/mol. The summed E-state index contributed by atoms with van der Waals surface area (Å²) >= 11 is 0. The highest BCUT2D eigenvalue weighted by Crippen LogP contribution is 2.05. The van der Waals surface area contributed by atoms with Gasteiger partial charge in [0, 0.05) is 12.7 Å². The molecule has 0 aromatic carbocycles. The lowest BCUT2D eigenvalue weighted by Gasteiger charge is -2.02. The van der Waals surface area contributed by atoms with Gasteiger partial charge in [0.15, 0.2) is 0 Å². The molecule has 0 unspecified atom stereocenters. The molecule has 3 nitrogen and oxygen atoms in total. The van der Waals surface area contributed by atoms with E-state index in [1.807, 2.05) is 30.6 Å². The van der Waals surface area contributed by atoms with Crippen LogP contribution >= 0.6 is 0 Å². The van der Waals surface area contributed by atoms with Gasteiger partial charge in [-0.15, -0.1) is 0 Å². The summed E-state index contributed by atoms with van der Waals surface area (Å²) < 4.78 is 2.11. The Morgan fingerprint density at radius 2 is 2.36 bits per heavy atom. The highest BCUT2D eigenvalue weighted by atomic mass is 15.0. The van der Waals surface area contributed by atoms with Crippen molar-refractivity contribution >= 4 is 5.65 Å². The van der Waals surface area contributed by atoms with Crippen molar-refractivity contribution in [2.45, 2.75) is 19.9 Å². The minimum Gasteiger partial charge on any atom is -0.311 e. The van der Waals surface area contributed by atoms with Crippen LogP contribution in [0.2, 0.25) is 0 Å². The minimum absolute atomic E-state index is 0.888. The van der Waals surface area contributed by atoms with E-state index in [-0.39, 0.29) is 0 Å². The lowest BCUT2D eigenvalue weighted by Crippen LogP contribution is -2.14. The van der Waals surface area contributed by atoms with Crippen molar-refractivity contribution in [3.05, 3.63) is 36.3 Å². The molecule has 0 radical (unpaired) electrons. The number of pyridine rings is 1. The summed E-state index contributed by atoms with van der Waals surface area (Å²) in [4.78, 5) is 4.32. The van der Waals surface area contributed by atoms with E-state index < -0.39 is 0 Å². The zero-order chi connectivity index (χ0) is 9.80. The second kappa shape index (κ2) is 4.24. The molecule has 74 valence electrons. The normalized spacial score (nSPS) is 10.9. The van der Waals surface area contributed by atoms with Crippen LogP contribution in [0, 0.1) is 0 Å². The van der Waals surface area contributed by atoms with Crippen LogP contribution < -0.4 is 5.32 Å². The fourth-order valence-electron chi connectivity index (χ4n) is 1.51. The first-order valence-electron chi connectivity index (χ1n) is 5.03. The zero-order valence-corrected chi connectivity index (χ0v) is 8.40. The third-order valence-electron chi connectivity index (χ3n) is 2.23. The van der Waals surface area contributed by atoms with Gasteiger partial charge in [0.25, 0.3) is 0 Å². The molecule has 2 rings (SSSR count). The van der Waals surface area contributed by atoms with Crippen molar-refractivity contribution in [3.8, 4) is 0 Å². The molecule has 3 heteroatoms. The van der Waals surface area contributed by atoms with Crippen LogP contribution in [0.3, 0.4) is 0 Å². The van der Waals surface area contributed by atoms with Crippen molar-refractivity contribution in [2.24, 2.45) is 0 Å². The summed E-state index contributed by atoms with van der Waals surface area (Å²) in [6.45, 7) is 4.11. The van der Waals surface area contributed by atoms with Crippen molar-refractivity contribution in [1.29, 1.82) is 0 Å². The van der Waals surface area contributed by atoms with Crippen LogP contribution in [0.4, 0.5) is 0 Å². The van der Waals surface area contributed by atoms with Gasteiger partial charge in [0.2, 0.25) is 0 Å². The van der Waals surface area contributed by atoms with Gasteiger partial charge in [-0.25, -0.2) is 4.98 Å². The average Bonchev–Trinajstić information content (AvgIpc) is 2.63. The molecule has 2 aromatic heterocycles. The molecule has 0 atom stereocenters. The molecule has 0 aliphatic rings. The predicted molar refractivity (Wildman–Crippen MR) is 57.2 cm³/mol. The summed E-state index contributed by atoms with van der Waals surface area (Å²) in [6, 6.07) is 6.05. The predicted octanol–water partition coefficient (Wildman–Crippen LogP) is 1.83. The Labute approximate surface area is 83.8 Å². The Morgan fingerprint density at radius 3 is 3.21 bits per heavy atom. The first kappa shape index (κ1) is 9.21. The third kappa shape index (κ3) is 1.77. The first-order chi connectivity index (χ1) is 6.92. The van der Waals surface area contributed by atoms with E-state index in [1.54, 1.807) is 0 Å². The Hall–Kier alpha value is -1.35. The van der Waals surface area contributed by atoms with Crippen LogP contribution in [0.5, 0.6) is 0 Å². The standard InChI is InChI=1S/C11H15N3/c1-2-6-12-8-10-9-13-11-5-3-4-7-14(10)11/h3-5,7,9,12H,2,6,8H2,1H3. The number of fused-ring (bicyclic) bond motifs is 1. The van der Waals surface area contributed by atoms with Crippen molar-refractivity contribution < 1.29 is 0 Å². The van der Waals surface area contributed by atoms with E-state index in [0.717, 1.165) is 25.2 Å². The molecule has 0 fully saturated rings. The van der Waals surface area contributed by atoms with Gasteiger partial charge in [-0.2, -0.15) is 0 Å². The Morgan fingerprint density at radius 1 is 1.43 bits per heavy atom. The number of rotatable bonds is 4. The zero-order valence-electron chi connectivity index (χ0n) is 8.40. The lowest BCUT2D eigenvalue weighted by atomic mass is 10.4. The maximum Gasteiger partial charge on any atom is 0.136 e. The molecular weight excluding hydrogens is 174 g/mol. The molecule has 2 heterocycles. The van der Waals surface area contributed by atoms with E-state index in [4.69, 9.17) is 0 Å². The van der Waals surface area contributed by atoms with Crippen LogP contribution in [0.1, 0.15) is 19.0 Å². The topological polar surface area (TPSA) is 29.3 Å². The number of hydrogen-bond donors (Lipinski definition) is 1. The fraction of sp³-hybridized carbons (Fsp3) is 0.364. The maximum absolute atomic E-state index is 4.32. The largest absolute Gasteiger partial charge is 0.311 e. The van der Waals surface area contributed by atoms with E-state index in [1.165, 1.54) is 5.69 Å². The number of imidazole rings is 1. The van der Waals surface area contributed by atoms with Gasteiger partial charge >= 0.3 is 0 Å². The van der Waals surface area contributed by atoms with E-state index in [9.17, 15) is 0 Å². The van der Waals surface area contributed by atoms with Gasteiger partial charge in [-0.05, 0) is 25.1 Å². The van der Waals surface area contributed by atoms with Crippen LogP contribution in [0.25, 0.3) is 5.65 Å². The Balaban J connectivity index is 2.17. The summed E-state index contributed by atoms with van der Waals surface area (Å²) in [6.07, 6.45) is 5.14. The lowest BCUT2D eigenvalue weighted by molar-refractivity contribution is 0.661. The van der Waals surface area contributed by atoms with Crippen LogP contribution in [-0.2, 0) is 6.54 Å². The van der Waals surface area contributed by atoms with Crippen molar-refractivity contribution in [2.75, 3.05) is 6.54 Å². The summed E-state index contributed by atoms with van der Waals surface area (Å²) in [5, 5.41) is 3.37. The number of nitrogens with zero attached hydrogens (tertiary/aromatic N) is 2. The molecular formula is C11H15N3. The third-order valence-corrected chi connectivity index (χ3v) is 2.23. The molecule has 0 spiro atoms. The Bertz CT molecular complexity index is 406. The highest BCUT2D eigenvalue weighted by Gasteiger charge is 2.00. The highest BCUT2D eigenvalue weighted by molar-refractivity contribution is 5.39. The van der Waals surface area contributed by atoms with Gasteiger partial charge in [0.05, 0.1) is 11.9 Å². The SMILES string of the molecule is CCCNCc1cnc2ccccn12. The number of nitrogens with one attached hydrogen (secondary N) is 1. The molecule has 0 saturated carbocycles. The van der Waals surface area contributed by atoms with Crippen molar-refractivity contribution in [3.63, 3.8) is 0 Å². The van der Waals surface area contributed by atoms with Gasteiger partial charge in [-0.1, -0.05) is 13.0 Å². The first-order valence-corrected chi connectivity index (χ1v) is 5.03. The van der Waals surface area contributed by atoms with Gasteiger partial charge in [0.1, 0.15) is 5.65 Å². The molecule has 0 bridgehead atoms. The maximum atomic E-state index is 4.32. The molecule has 0 amide bonds. The summed E-state index contributed by atoms with van der Waals surface area (Å²) in [7, 11) is 0. The summed E-state index contributed by atoms with van der Waals surface area (Å²) in [5.74, 6) is 0. The van der Waals surface area contributed by atoms with E-state index in [0.29, 0.717) is 0 Å². The minimum atomic E-state index is 0.888. The fourth-order valence-corrected chi connectivity index (χ4v) is 1.51. The molecule has 1 N–H and O–H groups in total. The van der Waals surface area contributed by atoms with Crippen LogP contribution in [0.15, 0.2) is 30.6 Å². The van der Waals surface area contributed by atoms with Crippen LogP contribution in [-0.4, -0.2) is 15.9 Å².